The standard InChI is InChI=1S/C14H13BrOS/c1-10(16)6-7-11-8-9-14(17-11)12-4-2-3-5-13(12)15/h2-10,16H,1H3/b7-6+. The molecule has 17 heavy (non-hydrogen) atoms. The molecule has 88 valence electrons. The van der Waals surface area contributed by atoms with E-state index in [4.69, 9.17) is 0 Å². The van der Waals surface area contributed by atoms with Crippen LogP contribution >= 0.6 is 27.3 Å². The fourth-order valence-electron chi connectivity index (χ4n) is 1.48. The molecule has 2 aromatic rings. The highest BCUT2D eigenvalue weighted by atomic mass is 79.9. The third kappa shape index (κ3) is 3.28. The van der Waals surface area contributed by atoms with Crippen molar-refractivity contribution < 1.29 is 5.11 Å². The Kier molecular flexibility index (Phi) is 4.15. The minimum Gasteiger partial charge on any atom is -0.389 e. The molecule has 0 bridgehead atoms. The Balaban J connectivity index is 2.27. The maximum atomic E-state index is 9.19. The number of thiophene rings is 1. The third-order valence-corrected chi connectivity index (χ3v) is 4.08. The zero-order valence-corrected chi connectivity index (χ0v) is 11.8. The van der Waals surface area contributed by atoms with Gasteiger partial charge in [0, 0.05) is 19.8 Å². The first kappa shape index (κ1) is 12.6. The highest BCUT2D eigenvalue weighted by Gasteiger charge is 2.04. The largest absolute Gasteiger partial charge is 0.389 e. The molecule has 1 aromatic carbocycles. The highest BCUT2D eigenvalue weighted by Crippen LogP contribution is 2.33. The van der Waals surface area contributed by atoms with Crippen LogP contribution in [0.2, 0.25) is 0 Å². The van der Waals surface area contributed by atoms with Crippen LogP contribution in [-0.4, -0.2) is 11.2 Å². The third-order valence-electron chi connectivity index (χ3n) is 2.31. The van der Waals surface area contributed by atoms with Crippen LogP contribution in [0, 0.1) is 0 Å². The van der Waals surface area contributed by atoms with E-state index in [2.05, 4.69) is 34.1 Å². The Morgan fingerprint density at radius 2 is 2.00 bits per heavy atom. The summed E-state index contributed by atoms with van der Waals surface area (Å²) in [6.07, 6.45) is 3.34. The number of aliphatic hydroxyl groups is 1. The van der Waals surface area contributed by atoms with E-state index < -0.39 is 6.10 Å². The van der Waals surface area contributed by atoms with Crippen molar-refractivity contribution in [1.29, 1.82) is 0 Å². The molecule has 1 N–H and O–H groups in total. The van der Waals surface area contributed by atoms with Crippen LogP contribution in [0.15, 0.2) is 46.9 Å². The molecule has 0 aliphatic carbocycles. The van der Waals surface area contributed by atoms with E-state index in [1.165, 1.54) is 10.4 Å². The summed E-state index contributed by atoms with van der Waals surface area (Å²) in [7, 11) is 0. The lowest BCUT2D eigenvalue weighted by atomic mass is 10.2. The first-order valence-electron chi connectivity index (χ1n) is 5.38. The number of benzene rings is 1. The Hall–Kier alpha value is -0.900. The molecule has 0 aliphatic heterocycles. The Labute approximate surface area is 114 Å². The van der Waals surface area contributed by atoms with Crippen LogP contribution in [0.5, 0.6) is 0 Å². The second-order valence-electron chi connectivity index (χ2n) is 3.78. The van der Waals surface area contributed by atoms with Crippen molar-refractivity contribution in [2.45, 2.75) is 13.0 Å². The average molecular weight is 309 g/mol. The van der Waals surface area contributed by atoms with Crippen molar-refractivity contribution in [3.05, 3.63) is 51.8 Å². The van der Waals surface area contributed by atoms with Crippen LogP contribution in [0.4, 0.5) is 0 Å². The number of hydrogen-bond donors (Lipinski definition) is 1. The van der Waals surface area contributed by atoms with Gasteiger partial charge in [-0.1, -0.05) is 40.2 Å². The quantitative estimate of drug-likeness (QED) is 0.880. The van der Waals surface area contributed by atoms with Crippen LogP contribution in [-0.2, 0) is 0 Å². The van der Waals surface area contributed by atoms with Gasteiger partial charge in [-0.25, -0.2) is 0 Å². The van der Waals surface area contributed by atoms with Crippen LogP contribution in [0.25, 0.3) is 16.5 Å². The van der Waals surface area contributed by atoms with Gasteiger partial charge < -0.3 is 5.11 Å². The van der Waals surface area contributed by atoms with E-state index in [0.29, 0.717) is 0 Å². The van der Waals surface area contributed by atoms with Gasteiger partial charge in [0.2, 0.25) is 0 Å². The van der Waals surface area contributed by atoms with Crippen LogP contribution in [0.1, 0.15) is 11.8 Å². The summed E-state index contributed by atoms with van der Waals surface area (Å²) in [4.78, 5) is 2.37. The molecule has 1 heterocycles. The van der Waals surface area contributed by atoms with Crippen LogP contribution < -0.4 is 0 Å². The molecule has 2 rings (SSSR count). The van der Waals surface area contributed by atoms with Gasteiger partial charge in [0.1, 0.15) is 0 Å². The monoisotopic (exact) mass is 308 g/mol. The number of rotatable bonds is 3. The normalized spacial score (nSPS) is 13.1. The minimum atomic E-state index is -0.399. The molecular weight excluding hydrogens is 296 g/mol. The summed E-state index contributed by atoms with van der Waals surface area (Å²) >= 11 is 5.27. The topological polar surface area (TPSA) is 20.2 Å². The molecule has 0 radical (unpaired) electrons. The molecule has 0 saturated heterocycles. The van der Waals surface area contributed by atoms with Crippen molar-refractivity contribution in [2.75, 3.05) is 0 Å². The van der Waals surface area contributed by atoms with Gasteiger partial charge in [-0.2, -0.15) is 0 Å². The molecule has 0 aliphatic rings. The molecular formula is C14H13BrOS. The molecule has 3 heteroatoms. The number of aliphatic hydroxyl groups excluding tert-OH is 1. The smallest absolute Gasteiger partial charge is 0.0696 e. The second-order valence-corrected chi connectivity index (χ2v) is 5.75. The zero-order valence-electron chi connectivity index (χ0n) is 9.43. The lowest BCUT2D eigenvalue weighted by Crippen LogP contribution is -1.90. The Morgan fingerprint density at radius 1 is 1.24 bits per heavy atom. The number of hydrogen-bond acceptors (Lipinski definition) is 2. The van der Waals surface area contributed by atoms with Crippen molar-refractivity contribution in [3.63, 3.8) is 0 Å². The van der Waals surface area contributed by atoms with E-state index in [1.807, 2.05) is 24.3 Å². The van der Waals surface area contributed by atoms with E-state index in [0.717, 1.165) is 9.35 Å². The van der Waals surface area contributed by atoms with E-state index >= 15 is 0 Å². The predicted molar refractivity (Wildman–Crippen MR) is 78.2 cm³/mol. The summed E-state index contributed by atoms with van der Waals surface area (Å²) in [6, 6.07) is 12.4. The fraction of sp³-hybridized carbons (Fsp3) is 0.143. The molecule has 0 spiro atoms. The summed E-state index contributed by atoms with van der Waals surface area (Å²) in [5.74, 6) is 0. The molecule has 0 fully saturated rings. The molecule has 0 amide bonds. The average Bonchev–Trinajstić information content (AvgIpc) is 2.75. The van der Waals surface area contributed by atoms with Crippen molar-refractivity contribution in [3.8, 4) is 10.4 Å². The zero-order chi connectivity index (χ0) is 12.3. The Morgan fingerprint density at radius 3 is 2.71 bits per heavy atom. The van der Waals surface area contributed by atoms with Gasteiger partial charge in [-0.3, -0.25) is 0 Å². The fourth-order valence-corrected chi connectivity index (χ4v) is 3.07. The van der Waals surface area contributed by atoms with Crippen molar-refractivity contribution in [1.82, 2.24) is 0 Å². The molecule has 0 saturated carbocycles. The second kappa shape index (κ2) is 5.63. The summed E-state index contributed by atoms with van der Waals surface area (Å²) < 4.78 is 1.10. The first-order chi connectivity index (χ1) is 8.16. The van der Waals surface area contributed by atoms with Gasteiger partial charge in [0.15, 0.2) is 0 Å². The van der Waals surface area contributed by atoms with E-state index in [9.17, 15) is 5.11 Å². The SMILES string of the molecule is CC(O)/C=C/c1ccc(-c2ccccc2Br)s1. The minimum absolute atomic E-state index is 0.399. The first-order valence-corrected chi connectivity index (χ1v) is 6.99. The van der Waals surface area contributed by atoms with E-state index in [-0.39, 0.29) is 0 Å². The van der Waals surface area contributed by atoms with Crippen molar-refractivity contribution >= 4 is 33.3 Å². The lowest BCUT2D eigenvalue weighted by molar-refractivity contribution is 0.245. The van der Waals surface area contributed by atoms with Crippen molar-refractivity contribution in [2.24, 2.45) is 0 Å². The van der Waals surface area contributed by atoms with Gasteiger partial charge in [0.25, 0.3) is 0 Å². The molecule has 1 atom stereocenters. The summed E-state index contributed by atoms with van der Waals surface area (Å²) in [6.45, 7) is 1.75. The summed E-state index contributed by atoms with van der Waals surface area (Å²) in [5, 5.41) is 9.19. The van der Waals surface area contributed by atoms with Gasteiger partial charge >= 0.3 is 0 Å². The maximum absolute atomic E-state index is 9.19. The maximum Gasteiger partial charge on any atom is 0.0696 e. The molecule has 1 unspecified atom stereocenters. The number of halogens is 1. The highest BCUT2D eigenvalue weighted by molar-refractivity contribution is 9.10. The Bertz CT molecular complexity index is 529. The predicted octanol–water partition coefficient (Wildman–Crippen LogP) is 4.57. The summed E-state index contributed by atoms with van der Waals surface area (Å²) in [5.41, 5.74) is 1.20. The van der Waals surface area contributed by atoms with Gasteiger partial charge in [-0.15, -0.1) is 11.3 Å². The lowest BCUT2D eigenvalue weighted by Gasteiger charge is -1.99. The van der Waals surface area contributed by atoms with Crippen LogP contribution in [0.3, 0.4) is 0 Å². The van der Waals surface area contributed by atoms with E-state index in [1.54, 1.807) is 24.3 Å². The van der Waals surface area contributed by atoms with Gasteiger partial charge in [-0.05, 0) is 31.2 Å². The van der Waals surface area contributed by atoms with Gasteiger partial charge in [0.05, 0.1) is 6.10 Å². The molecule has 1 nitrogen and oxygen atoms in total. The molecule has 1 aromatic heterocycles.